The highest BCUT2D eigenvalue weighted by Crippen LogP contribution is 2.29. The van der Waals surface area contributed by atoms with Crippen LogP contribution in [0.2, 0.25) is 0 Å². The number of phenols is 4. The fourth-order valence-electron chi connectivity index (χ4n) is 3.96. The molecule has 6 nitrogen and oxygen atoms in total. The van der Waals surface area contributed by atoms with Crippen molar-refractivity contribution in [3.63, 3.8) is 0 Å². The molecular formula is C28H38O6. The maximum atomic E-state index is 12.2. The fourth-order valence-corrected chi connectivity index (χ4v) is 3.96. The Balaban J connectivity index is 1.47. The molecule has 2 rings (SSSR count). The molecule has 4 N–H and O–H groups in total. The summed E-state index contributed by atoms with van der Waals surface area (Å²) in [6, 6.07) is 5.69. The highest BCUT2D eigenvalue weighted by atomic mass is 16.3. The lowest BCUT2D eigenvalue weighted by molar-refractivity contribution is 0.0970. The number of carbonyl (C=O) groups excluding carboxylic acids is 2. The first-order chi connectivity index (χ1) is 16.2. The Kier molecular flexibility index (Phi) is 10.9. The maximum absolute atomic E-state index is 12.2. The predicted octanol–water partition coefficient (Wildman–Crippen LogP) is 6.87. The van der Waals surface area contributed by atoms with Crippen molar-refractivity contribution in [3.05, 3.63) is 46.5 Å². The average Bonchev–Trinajstić information content (AvgIpc) is 2.80. The smallest absolute Gasteiger partial charge is 0.163 e. The summed E-state index contributed by atoms with van der Waals surface area (Å²) in [5, 5.41) is 39.0. The Labute approximate surface area is 202 Å². The van der Waals surface area contributed by atoms with Crippen LogP contribution in [-0.4, -0.2) is 32.0 Å². The van der Waals surface area contributed by atoms with E-state index >= 15 is 0 Å². The standard InChI is InChI=1S/C28H38O6/c1-19-25(31)15-21(16-26(19)32)23(29)13-11-9-7-5-3-4-6-8-10-12-14-24(30)22-17-27(33)20(2)28(34)18-22/h15-18,31-34H,3-14H2,1-2H3. The number of aromatic hydroxyl groups is 4. The molecule has 0 heterocycles. The van der Waals surface area contributed by atoms with E-state index in [0.717, 1.165) is 64.2 Å². The molecule has 34 heavy (non-hydrogen) atoms. The van der Waals surface area contributed by atoms with Gasteiger partial charge in [-0.25, -0.2) is 0 Å². The molecule has 186 valence electrons. The molecule has 2 aromatic rings. The van der Waals surface area contributed by atoms with Crippen LogP contribution in [0.4, 0.5) is 0 Å². The second-order valence-corrected chi connectivity index (χ2v) is 9.16. The summed E-state index contributed by atoms with van der Waals surface area (Å²) in [7, 11) is 0. The molecule has 0 saturated heterocycles. The van der Waals surface area contributed by atoms with Crippen molar-refractivity contribution in [1.29, 1.82) is 0 Å². The molecule has 0 bridgehead atoms. The van der Waals surface area contributed by atoms with E-state index in [9.17, 15) is 30.0 Å². The van der Waals surface area contributed by atoms with Crippen molar-refractivity contribution >= 4 is 11.6 Å². The van der Waals surface area contributed by atoms with Gasteiger partial charge in [0.2, 0.25) is 0 Å². The van der Waals surface area contributed by atoms with Crippen LogP contribution in [0, 0.1) is 13.8 Å². The molecule has 0 atom stereocenters. The topological polar surface area (TPSA) is 115 Å². The molecule has 0 aliphatic rings. The summed E-state index contributed by atoms with van der Waals surface area (Å²) < 4.78 is 0. The monoisotopic (exact) mass is 470 g/mol. The van der Waals surface area contributed by atoms with E-state index in [1.54, 1.807) is 13.8 Å². The van der Waals surface area contributed by atoms with Crippen LogP contribution in [0.5, 0.6) is 23.0 Å². The van der Waals surface area contributed by atoms with Gasteiger partial charge in [-0.05, 0) is 51.0 Å². The van der Waals surface area contributed by atoms with Crippen LogP contribution < -0.4 is 0 Å². The Morgan fingerprint density at radius 1 is 0.500 bits per heavy atom. The number of unbranched alkanes of at least 4 members (excludes halogenated alkanes) is 9. The number of phenolic OH excluding ortho intramolecular Hbond substituents is 4. The van der Waals surface area contributed by atoms with Crippen molar-refractivity contribution in [1.82, 2.24) is 0 Å². The summed E-state index contributed by atoms with van der Waals surface area (Å²) in [4.78, 5) is 24.4. The van der Waals surface area contributed by atoms with Crippen LogP contribution in [0.3, 0.4) is 0 Å². The average molecular weight is 471 g/mol. The van der Waals surface area contributed by atoms with Crippen molar-refractivity contribution < 1.29 is 30.0 Å². The number of rotatable bonds is 15. The van der Waals surface area contributed by atoms with Crippen LogP contribution in [0.25, 0.3) is 0 Å². The molecular weight excluding hydrogens is 432 g/mol. The van der Waals surface area contributed by atoms with Crippen LogP contribution in [0.1, 0.15) is 109 Å². The van der Waals surface area contributed by atoms with Gasteiger partial charge in [-0.1, -0.05) is 51.4 Å². The quantitative estimate of drug-likeness (QED) is 0.167. The van der Waals surface area contributed by atoms with E-state index in [1.807, 2.05) is 0 Å². The normalized spacial score (nSPS) is 11.0. The van der Waals surface area contributed by atoms with Crippen molar-refractivity contribution in [2.24, 2.45) is 0 Å². The molecule has 6 heteroatoms. The van der Waals surface area contributed by atoms with Gasteiger partial charge in [-0.3, -0.25) is 9.59 Å². The van der Waals surface area contributed by atoms with Gasteiger partial charge in [0.05, 0.1) is 0 Å². The molecule has 0 aromatic heterocycles. The molecule has 0 aliphatic heterocycles. The third kappa shape index (κ3) is 8.40. The maximum Gasteiger partial charge on any atom is 0.163 e. The highest BCUT2D eigenvalue weighted by Gasteiger charge is 2.12. The third-order valence-corrected chi connectivity index (χ3v) is 6.41. The van der Waals surface area contributed by atoms with Gasteiger partial charge >= 0.3 is 0 Å². The number of Topliss-reactive ketones (excluding diaryl/α,β-unsaturated/α-hetero) is 2. The minimum Gasteiger partial charge on any atom is -0.508 e. The number of benzene rings is 2. The summed E-state index contributed by atoms with van der Waals surface area (Å²) >= 11 is 0. The molecule has 0 unspecified atom stereocenters. The number of hydrogen-bond donors (Lipinski definition) is 4. The van der Waals surface area contributed by atoms with Gasteiger partial charge in [0, 0.05) is 35.1 Å². The Morgan fingerprint density at radius 3 is 1.00 bits per heavy atom. The fraction of sp³-hybridized carbons (Fsp3) is 0.500. The van der Waals surface area contributed by atoms with Crippen LogP contribution in [-0.2, 0) is 0 Å². The lowest BCUT2D eigenvalue weighted by atomic mass is 10.00. The van der Waals surface area contributed by atoms with Crippen molar-refractivity contribution in [3.8, 4) is 23.0 Å². The third-order valence-electron chi connectivity index (χ3n) is 6.41. The minimum atomic E-state index is -0.0555. The molecule has 0 saturated carbocycles. The van der Waals surface area contributed by atoms with Crippen LogP contribution in [0.15, 0.2) is 24.3 Å². The minimum absolute atomic E-state index is 0.0539. The molecule has 2 aromatic carbocycles. The summed E-state index contributed by atoms with van der Waals surface area (Å²) in [6.45, 7) is 3.21. The number of hydrogen-bond acceptors (Lipinski definition) is 6. The second kappa shape index (κ2) is 13.6. The lowest BCUT2D eigenvalue weighted by Gasteiger charge is -2.07. The van der Waals surface area contributed by atoms with E-state index < -0.39 is 0 Å². The van der Waals surface area contributed by atoms with E-state index in [1.165, 1.54) is 24.3 Å². The van der Waals surface area contributed by atoms with Gasteiger partial charge < -0.3 is 20.4 Å². The molecule has 0 aliphatic carbocycles. The van der Waals surface area contributed by atoms with E-state index in [0.29, 0.717) is 35.1 Å². The molecule has 0 spiro atoms. The number of carbonyl (C=O) groups is 2. The summed E-state index contributed by atoms with van der Waals surface area (Å²) in [5.74, 6) is -0.327. The van der Waals surface area contributed by atoms with E-state index in [-0.39, 0.29) is 34.6 Å². The Morgan fingerprint density at radius 2 is 0.735 bits per heavy atom. The van der Waals surface area contributed by atoms with Crippen LogP contribution >= 0.6 is 0 Å². The largest absolute Gasteiger partial charge is 0.508 e. The van der Waals surface area contributed by atoms with Gasteiger partial charge in [-0.2, -0.15) is 0 Å². The molecule has 0 radical (unpaired) electrons. The van der Waals surface area contributed by atoms with Gasteiger partial charge in [0.1, 0.15) is 23.0 Å². The zero-order valence-electron chi connectivity index (χ0n) is 20.4. The zero-order chi connectivity index (χ0) is 25.1. The van der Waals surface area contributed by atoms with Gasteiger partial charge in [0.25, 0.3) is 0 Å². The predicted molar refractivity (Wildman–Crippen MR) is 133 cm³/mol. The lowest BCUT2D eigenvalue weighted by Crippen LogP contribution is -1.99. The number of ketones is 2. The summed E-state index contributed by atoms with van der Waals surface area (Å²) in [6.07, 6.45) is 11.2. The second-order valence-electron chi connectivity index (χ2n) is 9.16. The Bertz CT molecular complexity index is 853. The van der Waals surface area contributed by atoms with Gasteiger partial charge in [0.15, 0.2) is 11.6 Å². The highest BCUT2D eigenvalue weighted by molar-refractivity contribution is 5.97. The molecule has 0 fully saturated rings. The first-order valence-corrected chi connectivity index (χ1v) is 12.3. The van der Waals surface area contributed by atoms with E-state index in [4.69, 9.17) is 0 Å². The molecule has 0 amide bonds. The van der Waals surface area contributed by atoms with Crippen molar-refractivity contribution in [2.75, 3.05) is 0 Å². The Hall–Kier alpha value is -3.02. The first kappa shape index (κ1) is 27.2. The van der Waals surface area contributed by atoms with Crippen molar-refractivity contribution in [2.45, 2.75) is 90.9 Å². The SMILES string of the molecule is Cc1c(O)cc(C(=O)CCCCCCCCCCCCC(=O)c2cc(O)c(C)c(O)c2)cc1O. The first-order valence-electron chi connectivity index (χ1n) is 12.3. The van der Waals surface area contributed by atoms with E-state index in [2.05, 4.69) is 0 Å². The van der Waals surface area contributed by atoms with Gasteiger partial charge in [-0.15, -0.1) is 0 Å². The summed E-state index contributed by atoms with van der Waals surface area (Å²) in [5.41, 5.74) is 1.49. The zero-order valence-corrected chi connectivity index (χ0v) is 20.4.